The molecule has 4 rings (SSSR count). The number of anilines is 1. The Labute approximate surface area is 125 Å². The van der Waals surface area contributed by atoms with Crippen molar-refractivity contribution in [2.24, 2.45) is 5.73 Å². The molecule has 1 aliphatic carbocycles. The standard InChI is InChI=1S/C17H22N4/c18-11-13-12-19-16-4-2-1-3-15(16)17(13)21-9-7-20(8-10-21)14-5-6-14/h1-4,12,14H,5-11,18H2. The van der Waals surface area contributed by atoms with Crippen LogP contribution in [0.5, 0.6) is 0 Å². The molecule has 4 nitrogen and oxygen atoms in total. The summed E-state index contributed by atoms with van der Waals surface area (Å²) in [6.07, 6.45) is 4.74. The molecule has 21 heavy (non-hydrogen) atoms. The second-order valence-electron chi connectivity index (χ2n) is 6.11. The fourth-order valence-corrected chi connectivity index (χ4v) is 3.44. The largest absolute Gasteiger partial charge is 0.368 e. The van der Waals surface area contributed by atoms with Crippen LogP contribution in [0.1, 0.15) is 18.4 Å². The minimum absolute atomic E-state index is 0.552. The molecule has 0 atom stereocenters. The average molecular weight is 282 g/mol. The number of fused-ring (bicyclic) bond motifs is 1. The van der Waals surface area contributed by atoms with E-state index in [0.29, 0.717) is 6.54 Å². The van der Waals surface area contributed by atoms with E-state index in [2.05, 4.69) is 33.0 Å². The quantitative estimate of drug-likeness (QED) is 0.935. The van der Waals surface area contributed by atoms with Gasteiger partial charge in [0.15, 0.2) is 0 Å². The van der Waals surface area contributed by atoms with Crippen molar-refractivity contribution in [1.82, 2.24) is 9.88 Å². The van der Waals surface area contributed by atoms with Crippen molar-refractivity contribution in [1.29, 1.82) is 0 Å². The summed E-state index contributed by atoms with van der Waals surface area (Å²) >= 11 is 0. The van der Waals surface area contributed by atoms with E-state index in [-0.39, 0.29) is 0 Å². The predicted octanol–water partition coefficient (Wildman–Crippen LogP) is 1.98. The Morgan fingerprint density at radius 1 is 1.10 bits per heavy atom. The van der Waals surface area contributed by atoms with Gasteiger partial charge in [0.1, 0.15) is 0 Å². The lowest BCUT2D eigenvalue weighted by atomic mass is 10.1. The van der Waals surface area contributed by atoms with Crippen molar-refractivity contribution in [3.05, 3.63) is 36.0 Å². The molecular weight excluding hydrogens is 260 g/mol. The molecule has 0 bridgehead atoms. The first-order valence-corrected chi connectivity index (χ1v) is 7.92. The van der Waals surface area contributed by atoms with Gasteiger partial charge in [-0.15, -0.1) is 0 Å². The zero-order chi connectivity index (χ0) is 14.2. The van der Waals surface area contributed by atoms with E-state index in [1.165, 1.54) is 37.0 Å². The van der Waals surface area contributed by atoms with Crippen LogP contribution in [0.15, 0.2) is 30.5 Å². The van der Waals surface area contributed by atoms with Crippen molar-refractivity contribution in [3.8, 4) is 0 Å². The topological polar surface area (TPSA) is 45.4 Å². The molecule has 0 radical (unpaired) electrons. The number of piperazine rings is 1. The molecule has 1 saturated carbocycles. The lowest BCUT2D eigenvalue weighted by Crippen LogP contribution is -2.47. The summed E-state index contributed by atoms with van der Waals surface area (Å²) in [6.45, 7) is 5.08. The number of pyridine rings is 1. The first-order valence-electron chi connectivity index (χ1n) is 7.92. The molecule has 2 N–H and O–H groups in total. The van der Waals surface area contributed by atoms with E-state index in [0.717, 1.165) is 30.2 Å². The Kier molecular flexibility index (Phi) is 3.28. The maximum absolute atomic E-state index is 5.96. The van der Waals surface area contributed by atoms with Crippen LogP contribution < -0.4 is 10.6 Å². The van der Waals surface area contributed by atoms with E-state index in [9.17, 15) is 0 Å². The molecule has 1 aliphatic heterocycles. The summed E-state index contributed by atoms with van der Waals surface area (Å²) in [5.41, 5.74) is 9.49. The van der Waals surface area contributed by atoms with Gasteiger partial charge < -0.3 is 10.6 Å². The van der Waals surface area contributed by atoms with Gasteiger partial charge in [0.25, 0.3) is 0 Å². The molecule has 0 amide bonds. The minimum Gasteiger partial charge on any atom is -0.368 e. The van der Waals surface area contributed by atoms with Gasteiger partial charge >= 0.3 is 0 Å². The maximum Gasteiger partial charge on any atom is 0.0723 e. The first-order chi connectivity index (χ1) is 10.4. The van der Waals surface area contributed by atoms with Crippen LogP contribution in [-0.2, 0) is 6.54 Å². The molecule has 1 saturated heterocycles. The SMILES string of the molecule is NCc1cnc2ccccc2c1N1CCN(C2CC2)CC1. The van der Waals surface area contributed by atoms with E-state index < -0.39 is 0 Å². The Morgan fingerprint density at radius 2 is 1.86 bits per heavy atom. The highest BCUT2D eigenvalue weighted by molar-refractivity contribution is 5.93. The highest BCUT2D eigenvalue weighted by Crippen LogP contribution is 2.32. The lowest BCUT2D eigenvalue weighted by Gasteiger charge is -2.37. The zero-order valence-electron chi connectivity index (χ0n) is 12.3. The molecule has 1 aromatic carbocycles. The second-order valence-corrected chi connectivity index (χ2v) is 6.11. The number of para-hydroxylation sites is 1. The zero-order valence-corrected chi connectivity index (χ0v) is 12.3. The van der Waals surface area contributed by atoms with Gasteiger partial charge in [0.2, 0.25) is 0 Å². The normalized spacial score (nSPS) is 20.1. The molecule has 1 aromatic heterocycles. The molecule has 0 unspecified atom stereocenters. The summed E-state index contributed by atoms with van der Waals surface area (Å²) in [4.78, 5) is 9.69. The van der Waals surface area contributed by atoms with E-state index in [1.807, 2.05) is 12.3 Å². The third-order valence-corrected chi connectivity index (χ3v) is 4.74. The predicted molar refractivity (Wildman–Crippen MR) is 86.4 cm³/mol. The summed E-state index contributed by atoms with van der Waals surface area (Å²) in [5, 5.41) is 1.24. The second kappa shape index (κ2) is 5.28. The van der Waals surface area contributed by atoms with Crippen molar-refractivity contribution in [2.45, 2.75) is 25.4 Å². The van der Waals surface area contributed by atoms with Gasteiger partial charge in [-0.05, 0) is 18.9 Å². The van der Waals surface area contributed by atoms with Gasteiger partial charge in [0, 0.05) is 55.9 Å². The Morgan fingerprint density at radius 3 is 2.57 bits per heavy atom. The molecule has 110 valence electrons. The highest BCUT2D eigenvalue weighted by atomic mass is 15.3. The smallest absolute Gasteiger partial charge is 0.0723 e. The van der Waals surface area contributed by atoms with E-state index in [1.54, 1.807) is 0 Å². The molecule has 2 fully saturated rings. The van der Waals surface area contributed by atoms with Gasteiger partial charge in [0.05, 0.1) is 11.2 Å². The van der Waals surface area contributed by atoms with Gasteiger partial charge in [-0.1, -0.05) is 18.2 Å². The first kappa shape index (κ1) is 13.0. The fraction of sp³-hybridized carbons (Fsp3) is 0.471. The summed E-state index contributed by atoms with van der Waals surface area (Å²) in [5.74, 6) is 0. The van der Waals surface area contributed by atoms with Crippen LogP contribution in [-0.4, -0.2) is 42.1 Å². The van der Waals surface area contributed by atoms with Crippen LogP contribution in [0.3, 0.4) is 0 Å². The Balaban J connectivity index is 1.68. The molecular formula is C17H22N4. The lowest BCUT2D eigenvalue weighted by molar-refractivity contribution is 0.248. The van der Waals surface area contributed by atoms with Crippen LogP contribution in [0.4, 0.5) is 5.69 Å². The molecule has 0 spiro atoms. The van der Waals surface area contributed by atoms with Crippen molar-refractivity contribution < 1.29 is 0 Å². The van der Waals surface area contributed by atoms with Gasteiger partial charge in [-0.2, -0.15) is 0 Å². The number of aromatic nitrogens is 1. The number of hydrogen-bond acceptors (Lipinski definition) is 4. The average Bonchev–Trinajstić information content (AvgIpc) is 3.39. The Bertz CT molecular complexity index is 642. The van der Waals surface area contributed by atoms with E-state index in [4.69, 9.17) is 5.73 Å². The number of nitrogens with two attached hydrogens (primary N) is 1. The van der Waals surface area contributed by atoms with Crippen molar-refractivity contribution >= 4 is 16.6 Å². The monoisotopic (exact) mass is 282 g/mol. The number of rotatable bonds is 3. The van der Waals surface area contributed by atoms with E-state index >= 15 is 0 Å². The summed E-state index contributed by atoms with van der Waals surface area (Å²) < 4.78 is 0. The maximum atomic E-state index is 5.96. The minimum atomic E-state index is 0.552. The van der Waals surface area contributed by atoms with Crippen molar-refractivity contribution in [2.75, 3.05) is 31.1 Å². The Hall–Kier alpha value is -1.65. The molecule has 2 aromatic rings. The highest BCUT2D eigenvalue weighted by Gasteiger charge is 2.31. The van der Waals surface area contributed by atoms with Crippen molar-refractivity contribution in [3.63, 3.8) is 0 Å². The number of nitrogens with zero attached hydrogens (tertiary/aromatic N) is 3. The van der Waals surface area contributed by atoms with Crippen LogP contribution in [0, 0.1) is 0 Å². The van der Waals surface area contributed by atoms with Crippen LogP contribution >= 0.6 is 0 Å². The third kappa shape index (κ3) is 2.39. The summed E-state index contributed by atoms with van der Waals surface area (Å²) in [6, 6.07) is 9.26. The fourth-order valence-electron chi connectivity index (χ4n) is 3.44. The molecule has 2 aliphatic rings. The van der Waals surface area contributed by atoms with Crippen LogP contribution in [0.2, 0.25) is 0 Å². The summed E-state index contributed by atoms with van der Waals surface area (Å²) in [7, 11) is 0. The third-order valence-electron chi connectivity index (χ3n) is 4.74. The van der Waals surface area contributed by atoms with Gasteiger partial charge in [-0.3, -0.25) is 9.88 Å². The molecule has 4 heteroatoms. The molecule has 2 heterocycles. The van der Waals surface area contributed by atoms with Gasteiger partial charge in [-0.25, -0.2) is 0 Å². The van der Waals surface area contributed by atoms with Crippen LogP contribution in [0.25, 0.3) is 10.9 Å². The number of benzene rings is 1. The number of hydrogen-bond donors (Lipinski definition) is 1.